The monoisotopic (exact) mass is 448 g/mol. The molecule has 1 saturated heterocycles. The molecular formula is C24H36N2O6. The van der Waals surface area contributed by atoms with E-state index in [2.05, 4.69) is 5.32 Å². The first kappa shape index (κ1) is 25.5. The molecule has 0 bridgehead atoms. The van der Waals surface area contributed by atoms with Gasteiger partial charge in [-0.25, -0.2) is 14.4 Å². The lowest BCUT2D eigenvalue weighted by atomic mass is 9.87. The summed E-state index contributed by atoms with van der Waals surface area (Å²) in [5.41, 5.74) is 0.285. The number of aliphatic carboxylic acids is 1. The topological polar surface area (TPSA) is 105 Å². The van der Waals surface area contributed by atoms with Gasteiger partial charge in [-0.15, -0.1) is 0 Å². The molecule has 0 aromatic heterocycles. The van der Waals surface area contributed by atoms with E-state index in [0.717, 1.165) is 5.56 Å². The van der Waals surface area contributed by atoms with Crippen molar-refractivity contribution in [1.82, 2.24) is 10.2 Å². The first-order valence-corrected chi connectivity index (χ1v) is 11.2. The molecule has 0 aliphatic carbocycles. The molecule has 1 aliphatic rings. The molecule has 1 heterocycles. The molecular weight excluding hydrogens is 412 g/mol. The number of likely N-dealkylation sites (tertiary alicyclic amines) is 1. The van der Waals surface area contributed by atoms with Crippen molar-refractivity contribution in [3.63, 3.8) is 0 Å². The number of hydrogen-bond acceptors (Lipinski definition) is 5. The molecule has 0 radical (unpaired) electrons. The molecule has 1 fully saturated rings. The van der Waals surface area contributed by atoms with Crippen LogP contribution in [0.1, 0.15) is 65.5 Å². The smallest absolute Gasteiger partial charge is 0.410 e. The van der Waals surface area contributed by atoms with Crippen LogP contribution in [0.2, 0.25) is 0 Å². The summed E-state index contributed by atoms with van der Waals surface area (Å²) in [6.07, 6.45) is -0.0360. The zero-order chi connectivity index (χ0) is 23.9. The average molecular weight is 449 g/mol. The quantitative estimate of drug-likeness (QED) is 0.632. The maximum absolute atomic E-state index is 12.6. The van der Waals surface area contributed by atoms with Crippen molar-refractivity contribution < 1.29 is 29.0 Å². The van der Waals surface area contributed by atoms with Crippen molar-refractivity contribution in [2.75, 3.05) is 13.1 Å². The number of piperidine rings is 1. The van der Waals surface area contributed by atoms with Gasteiger partial charge >= 0.3 is 18.2 Å². The molecule has 1 aromatic carbocycles. The minimum Gasteiger partial charge on any atom is -0.480 e. The Labute approximate surface area is 190 Å². The van der Waals surface area contributed by atoms with Crippen LogP contribution in [0.5, 0.6) is 0 Å². The number of carboxylic acid groups (broad SMARTS) is 1. The molecule has 2 N–H and O–H groups in total. The zero-order valence-electron chi connectivity index (χ0n) is 19.7. The molecule has 178 valence electrons. The van der Waals surface area contributed by atoms with Gasteiger partial charge in [0.05, 0.1) is 0 Å². The Kier molecular flexibility index (Phi) is 8.92. The second-order valence-corrected chi connectivity index (χ2v) is 9.71. The number of ether oxygens (including phenoxy) is 2. The van der Waals surface area contributed by atoms with E-state index in [9.17, 15) is 19.5 Å². The molecule has 2 amide bonds. The number of carbonyl (C=O) groups excluding carboxylic acids is 2. The van der Waals surface area contributed by atoms with E-state index in [-0.39, 0.29) is 17.9 Å². The summed E-state index contributed by atoms with van der Waals surface area (Å²) >= 11 is 0. The summed E-state index contributed by atoms with van der Waals surface area (Å²) < 4.78 is 11.2. The molecule has 8 nitrogen and oxygen atoms in total. The van der Waals surface area contributed by atoms with Crippen molar-refractivity contribution >= 4 is 18.2 Å². The van der Waals surface area contributed by atoms with Crippen molar-refractivity contribution in [2.45, 2.75) is 71.6 Å². The third-order valence-electron chi connectivity index (χ3n) is 5.28. The summed E-state index contributed by atoms with van der Waals surface area (Å²) in [5, 5.41) is 11.9. The highest BCUT2D eigenvalue weighted by Gasteiger charge is 2.34. The summed E-state index contributed by atoms with van der Waals surface area (Å²) in [4.78, 5) is 38.2. The number of carbonyl (C=O) groups is 3. The van der Waals surface area contributed by atoms with Crippen LogP contribution in [0.15, 0.2) is 30.3 Å². The summed E-state index contributed by atoms with van der Waals surface area (Å²) in [6.45, 7) is 10.3. The van der Waals surface area contributed by atoms with Gasteiger partial charge in [0, 0.05) is 19.0 Å². The fraction of sp³-hybridized carbons (Fsp3) is 0.625. The van der Waals surface area contributed by atoms with Gasteiger partial charge < -0.3 is 24.8 Å². The second-order valence-electron chi connectivity index (χ2n) is 9.71. The van der Waals surface area contributed by atoms with Gasteiger partial charge in [0.1, 0.15) is 17.7 Å². The Balaban J connectivity index is 2.07. The van der Waals surface area contributed by atoms with Crippen LogP contribution < -0.4 is 5.32 Å². The molecule has 1 unspecified atom stereocenters. The van der Waals surface area contributed by atoms with Crippen molar-refractivity contribution in [3.05, 3.63) is 35.9 Å². The van der Waals surface area contributed by atoms with Gasteiger partial charge in [-0.3, -0.25) is 0 Å². The maximum atomic E-state index is 12.6. The van der Waals surface area contributed by atoms with E-state index >= 15 is 0 Å². The van der Waals surface area contributed by atoms with Gasteiger partial charge in [0.15, 0.2) is 0 Å². The lowest BCUT2D eigenvalue weighted by Crippen LogP contribution is -2.44. The number of amides is 2. The molecule has 8 heteroatoms. The lowest BCUT2D eigenvalue weighted by molar-refractivity contribution is -0.139. The van der Waals surface area contributed by atoms with Gasteiger partial charge in [-0.2, -0.15) is 0 Å². The minimum atomic E-state index is -1.09. The number of rotatable bonds is 7. The van der Waals surface area contributed by atoms with E-state index in [1.165, 1.54) is 0 Å². The number of hydrogen-bond donors (Lipinski definition) is 2. The van der Waals surface area contributed by atoms with E-state index in [1.54, 1.807) is 4.90 Å². The number of nitrogens with zero attached hydrogens (tertiary/aromatic N) is 1. The Morgan fingerprint density at radius 2 is 1.72 bits per heavy atom. The van der Waals surface area contributed by atoms with Gasteiger partial charge in [0.25, 0.3) is 0 Å². The van der Waals surface area contributed by atoms with Gasteiger partial charge in [-0.05, 0) is 51.5 Å². The third-order valence-corrected chi connectivity index (χ3v) is 5.28. The minimum absolute atomic E-state index is 0.00443. The predicted molar refractivity (Wildman–Crippen MR) is 120 cm³/mol. The summed E-state index contributed by atoms with van der Waals surface area (Å²) in [7, 11) is 0. The lowest BCUT2D eigenvalue weighted by Gasteiger charge is -2.36. The fourth-order valence-electron chi connectivity index (χ4n) is 3.77. The normalized spacial score (nSPS) is 16.9. The molecule has 0 spiro atoms. The van der Waals surface area contributed by atoms with Gasteiger partial charge in [0.2, 0.25) is 0 Å². The Morgan fingerprint density at radius 3 is 2.22 bits per heavy atom. The predicted octanol–water partition coefficient (Wildman–Crippen LogP) is 4.60. The molecule has 32 heavy (non-hydrogen) atoms. The molecule has 1 aromatic rings. The van der Waals surface area contributed by atoms with Crippen LogP contribution in [0.25, 0.3) is 0 Å². The van der Waals surface area contributed by atoms with E-state index in [0.29, 0.717) is 32.4 Å². The summed E-state index contributed by atoms with van der Waals surface area (Å²) in [5.74, 6) is -0.980. The standard InChI is InChI=1S/C24H36N2O6/c1-16(2)15-19(21(27)28)25-22(29)31-20(17-9-7-6-8-10-17)18-11-13-26(14-12-18)23(30)32-24(3,4)5/h6-10,16,18-20H,11-15H2,1-5H3,(H,25,29)(H,27,28)/t19-,20?/m0/s1. The van der Waals surface area contributed by atoms with E-state index in [4.69, 9.17) is 9.47 Å². The first-order chi connectivity index (χ1) is 15.0. The SMILES string of the molecule is CC(C)C[C@H](NC(=O)OC(c1ccccc1)C1CCN(C(=O)OC(C)(C)C)CC1)C(=O)O. The zero-order valence-corrected chi connectivity index (χ0v) is 19.7. The van der Waals surface area contributed by atoms with E-state index < -0.39 is 29.8 Å². The molecule has 2 rings (SSSR count). The van der Waals surface area contributed by atoms with Gasteiger partial charge in [-0.1, -0.05) is 44.2 Å². The third kappa shape index (κ3) is 8.05. The Morgan fingerprint density at radius 1 is 1.12 bits per heavy atom. The average Bonchev–Trinajstić information content (AvgIpc) is 2.70. The second kappa shape index (κ2) is 11.2. The molecule has 2 atom stereocenters. The van der Waals surface area contributed by atoms with Crippen LogP contribution in [0, 0.1) is 11.8 Å². The van der Waals surface area contributed by atoms with Crippen LogP contribution in [-0.2, 0) is 14.3 Å². The van der Waals surface area contributed by atoms with Crippen LogP contribution >= 0.6 is 0 Å². The maximum Gasteiger partial charge on any atom is 0.410 e. The Bertz CT molecular complexity index is 766. The van der Waals surface area contributed by atoms with Crippen LogP contribution in [-0.4, -0.2) is 52.9 Å². The van der Waals surface area contributed by atoms with Crippen LogP contribution in [0.4, 0.5) is 9.59 Å². The number of carboxylic acids is 1. The summed E-state index contributed by atoms with van der Waals surface area (Å²) in [6, 6.07) is 8.40. The fourth-order valence-corrected chi connectivity index (χ4v) is 3.77. The van der Waals surface area contributed by atoms with E-state index in [1.807, 2.05) is 65.0 Å². The number of alkyl carbamates (subject to hydrolysis) is 1. The highest BCUT2D eigenvalue weighted by Crippen LogP contribution is 2.34. The van der Waals surface area contributed by atoms with Crippen molar-refractivity contribution in [2.24, 2.45) is 11.8 Å². The van der Waals surface area contributed by atoms with Crippen LogP contribution in [0.3, 0.4) is 0 Å². The number of nitrogens with one attached hydrogen (secondary N) is 1. The molecule has 0 saturated carbocycles. The number of benzene rings is 1. The largest absolute Gasteiger partial charge is 0.480 e. The highest BCUT2D eigenvalue weighted by molar-refractivity contribution is 5.80. The molecule has 1 aliphatic heterocycles. The highest BCUT2D eigenvalue weighted by atomic mass is 16.6. The van der Waals surface area contributed by atoms with Crippen molar-refractivity contribution in [1.29, 1.82) is 0 Å². The first-order valence-electron chi connectivity index (χ1n) is 11.2. The van der Waals surface area contributed by atoms with Crippen molar-refractivity contribution in [3.8, 4) is 0 Å². The Hall–Kier alpha value is -2.77.